The van der Waals surface area contributed by atoms with E-state index >= 15 is 0 Å². The fourth-order valence-corrected chi connectivity index (χ4v) is 3.20. The van der Waals surface area contributed by atoms with E-state index in [1.807, 2.05) is 69.2 Å². The van der Waals surface area contributed by atoms with Gasteiger partial charge in [0.05, 0.1) is 11.1 Å². The molecule has 7 nitrogen and oxygen atoms in total. The lowest BCUT2D eigenvalue weighted by Gasteiger charge is -2.14. The zero-order valence-corrected chi connectivity index (χ0v) is 19.8. The summed E-state index contributed by atoms with van der Waals surface area (Å²) >= 11 is 3.25. The molecule has 2 N–H and O–H groups in total. The molecule has 0 aliphatic rings. The molecule has 0 saturated heterocycles. The van der Waals surface area contributed by atoms with Gasteiger partial charge in [0.15, 0.2) is 0 Å². The minimum Gasteiger partial charge on any atom is -0.399 e. The normalized spacial score (nSPS) is 9.68. The minimum atomic E-state index is 0.560. The number of nitrogens with zero attached hydrogens (tertiary/aromatic N) is 6. The van der Waals surface area contributed by atoms with Gasteiger partial charge in [-0.1, -0.05) is 6.07 Å². The first kappa shape index (κ1) is 23.7. The van der Waals surface area contributed by atoms with Crippen molar-refractivity contribution in [3.8, 4) is 23.3 Å². The van der Waals surface area contributed by atoms with Gasteiger partial charge in [-0.15, -0.1) is 0 Å². The molecule has 0 fully saturated rings. The Morgan fingerprint density at radius 3 is 1.97 bits per heavy atom. The monoisotopic (exact) mass is 477 g/mol. The smallest absolute Gasteiger partial charge is 0.146 e. The number of nitriles is 2. The van der Waals surface area contributed by atoms with Gasteiger partial charge in [0.2, 0.25) is 0 Å². The highest BCUT2D eigenvalue weighted by Gasteiger charge is 2.10. The van der Waals surface area contributed by atoms with Crippen LogP contribution in [0.1, 0.15) is 16.7 Å². The fraction of sp³-hybridized carbons (Fsp3) is 0.217. The van der Waals surface area contributed by atoms with Crippen molar-refractivity contribution in [2.45, 2.75) is 6.92 Å². The van der Waals surface area contributed by atoms with Crippen LogP contribution in [0, 0.1) is 29.6 Å². The lowest BCUT2D eigenvalue weighted by atomic mass is 10.00. The first-order chi connectivity index (χ1) is 14.7. The van der Waals surface area contributed by atoms with E-state index in [0.29, 0.717) is 28.5 Å². The number of anilines is 3. The number of benzene rings is 1. The number of aryl methyl sites for hydroxylation is 1. The molecule has 1 aromatic carbocycles. The molecule has 0 radical (unpaired) electrons. The number of rotatable bonds is 3. The van der Waals surface area contributed by atoms with Gasteiger partial charge in [-0.05, 0) is 58.2 Å². The molecule has 0 unspecified atom stereocenters. The summed E-state index contributed by atoms with van der Waals surface area (Å²) in [7, 11) is 7.46. The molecule has 0 aliphatic heterocycles. The van der Waals surface area contributed by atoms with Crippen molar-refractivity contribution in [1.82, 2.24) is 9.97 Å². The van der Waals surface area contributed by atoms with Crippen LogP contribution in [0.3, 0.4) is 0 Å². The van der Waals surface area contributed by atoms with Gasteiger partial charge >= 0.3 is 0 Å². The van der Waals surface area contributed by atoms with E-state index in [9.17, 15) is 5.26 Å². The highest BCUT2D eigenvalue weighted by Crippen LogP contribution is 2.28. The second-order valence-electron chi connectivity index (χ2n) is 7.21. The zero-order chi connectivity index (χ0) is 23.1. The third kappa shape index (κ3) is 5.94. The molecule has 0 spiro atoms. The number of pyridine rings is 2. The van der Waals surface area contributed by atoms with Crippen molar-refractivity contribution in [3.63, 3.8) is 0 Å². The van der Waals surface area contributed by atoms with E-state index in [4.69, 9.17) is 11.0 Å². The molecule has 3 aromatic rings. The first-order valence-corrected chi connectivity index (χ1v) is 10.1. The average molecular weight is 478 g/mol. The molecule has 0 amide bonds. The Kier molecular flexibility index (Phi) is 7.95. The number of nitrogen functional groups attached to an aromatic ring is 1. The molecule has 0 aliphatic carbocycles. The van der Waals surface area contributed by atoms with Gasteiger partial charge in [0.1, 0.15) is 23.8 Å². The standard InChI is InChI=1S/C15H16N4.C8H8BrN3/c1-10-4-5-13(17)7-14(10)12-6-11(8-16)15(18-9-12)19(2)3;1-12(2)8-6(4-10)3-7(9)5-11-8/h4-7,9H,17H2,1-3H3;3,5H,1-2H3. The predicted octanol–water partition coefficient (Wildman–Crippen LogP) is 4.36. The Morgan fingerprint density at radius 1 is 0.871 bits per heavy atom. The molecule has 3 rings (SSSR count). The molecule has 0 saturated carbocycles. The number of nitrogens with two attached hydrogens (primary N) is 1. The van der Waals surface area contributed by atoms with Crippen LogP contribution in [0.4, 0.5) is 17.3 Å². The Hall–Kier alpha value is -3.62. The zero-order valence-electron chi connectivity index (χ0n) is 18.2. The number of hydrogen-bond donors (Lipinski definition) is 1. The average Bonchev–Trinajstić information content (AvgIpc) is 2.74. The Balaban J connectivity index is 0.000000245. The highest BCUT2D eigenvalue weighted by molar-refractivity contribution is 9.10. The van der Waals surface area contributed by atoms with E-state index in [2.05, 4.69) is 38.0 Å². The van der Waals surface area contributed by atoms with E-state index in [1.54, 1.807) is 18.5 Å². The summed E-state index contributed by atoms with van der Waals surface area (Å²) in [6, 6.07) is 13.6. The number of hydrogen-bond acceptors (Lipinski definition) is 7. The summed E-state index contributed by atoms with van der Waals surface area (Å²) in [6.45, 7) is 2.01. The van der Waals surface area contributed by atoms with Crippen LogP contribution < -0.4 is 15.5 Å². The van der Waals surface area contributed by atoms with Crippen LogP contribution in [0.15, 0.2) is 47.2 Å². The Morgan fingerprint density at radius 2 is 1.42 bits per heavy atom. The Bertz CT molecular complexity index is 1160. The van der Waals surface area contributed by atoms with Crippen LogP contribution >= 0.6 is 15.9 Å². The van der Waals surface area contributed by atoms with Gasteiger partial charge in [-0.25, -0.2) is 9.97 Å². The molecule has 0 bridgehead atoms. The van der Waals surface area contributed by atoms with Crippen molar-refractivity contribution >= 4 is 33.3 Å². The van der Waals surface area contributed by atoms with E-state index < -0.39 is 0 Å². The summed E-state index contributed by atoms with van der Waals surface area (Å²) in [5.41, 5.74) is 10.7. The Labute approximate surface area is 191 Å². The van der Waals surface area contributed by atoms with Gasteiger partial charge < -0.3 is 15.5 Å². The third-order valence-electron chi connectivity index (χ3n) is 4.36. The summed E-state index contributed by atoms with van der Waals surface area (Å²) in [5, 5.41) is 18.0. The molecule has 0 atom stereocenters. The first-order valence-electron chi connectivity index (χ1n) is 9.34. The van der Waals surface area contributed by atoms with E-state index in [1.165, 1.54) is 0 Å². The van der Waals surface area contributed by atoms with Crippen molar-refractivity contribution in [2.24, 2.45) is 0 Å². The lowest BCUT2D eigenvalue weighted by Crippen LogP contribution is -2.12. The van der Waals surface area contributed by atoms with Crippen molar-refractivity contribution in [2.75, 3.05) is 43.7 Å². The predicted molar refractivity (Wildman–Crippen MR) is 129 cm³/mol. The summed E-state index contributed by atoms with van der Waals surface area (Å²) in [5.74, 6) is 1.37. The van der Waals surface area contributed by atoms with Crippen LogP contribution in [0.5, 0.6) is 0 Å². The SMILES string of the molecule is CN(C)c1ncc(Br)cc1C#N.Cc1ccc(N)cc1-c1cnc(N(C)C)c(C#N)c1. The van der Waals surface area contributed by atoms with Crippen molar-refractivity contribution in [3.05, 3.63) is 63.9 Å². The van der Waals surface area contributed by atoms with Crippen LogP contribution in [0.25, 0.3) is 11.1 Å². The quantitative estimate of drug-likeness (QED) is 0.558. The number of halogens is 1. The molecule has 31 heavy (non-hydrogen) atoms. The van der Waals surface area contributed by atoms with Crippen molar-refractivity contribution in [1.29, 1.82) is 10.5 Å². The number of aromatic nitrogens is 2. The summed E-state index contributed by atoms with van der Waals surface area (Å²) < 4.78 is 0.824. The van der Waals surface area contributed by atoms with Gasteiger partial charge in [-0.2, -0.15) is 10.5 Å². The minimum absolute atomic E-state index is 0.560. The molecular weight excluding hydrogens is 454 g/mol. The van der Waals surface area contributed by atoms with Gasteiger partial charge in [0.25, 0.3) is 0 Å². The fourth-order valence-electron chi connectivity index (χ4n) is 2.86. The second-order valence-corrected chi connectivity index (χ2v) is 8.12. The molecule has 2 heterocycles. The van der Waals surface area contributed by atoms with E-state index in [-0.39, 0.29) is 0 Å². The van der Waals surface area contributed by atoms with Crippen molar-refractivity contribution < 1.29 is 0 Å². The topological polar surface area (TPSA) is 106 Å². The summed E-state index contributed by atoms with van der Waals surface area (Å²) in [6.07, 6.45) is 3.45. The maximum atomic E-state index is 9.22. The molecule has 158 valence electrons. The lowest BCUT2D eigenvalue weighted by molar-refractivity contribution is 1.06. The van der Waals surface area contributed by atoms with Crippen LogP contribution in [-0.4, -0.2) is 38.2 Å². The highest BCUT2D eigenvalue weighted by atomic mass is 79.9. The summed E-state index contributed by atoms with van der Waals surface area (Å²) in [4.78, 5) is 12.1. The largest absolute Gasteiger partial charge is 0.399 e. The van der Waals surface area contributed by atoms with Gasteiger partial charge in [0, 0.05) is 56.3 Å². The molecular formula is C23H24BrN7. The van der Waals surface area contributed by atoms with E-state index in [0.717, 1.165) is 21.2 Å². The van der Waals surface area contributed by atoms with Crippen LogP contribution in [0.2, 0.25) is 0 Å². The maximum absolute atomic E-state index is 9.22. The molecule has 8 heteroatoms. The molecule has 2 aromatic heterocycles. The maximum Gasteiger partial charge on any atom is 0.146 e. The van der Waals surface area contributed by atoms with Gasteiger partial charge in [-0.3, -0.25) is 0 Å². The van der Waals surface area contributed by atoms with Crippen LogP contribution in [-0.2, 0) is 0 Å². The third-order valence-corrected chi connectivity index (χ3v) is 4.79. The second kappa shape index (κ2) is 10.4.